The predicted octanol–water partition coefficient (Wildman–Crippen LogP) is 1.93. The van der Waals surface area contributed by atoms with Crippen LogP contribution in [-0.2, 0) is 11.4 Å². The zero-order valence-corrected chi connectivity index (χ0v) is 13.9. The molecule has 0 aliphatic heterocycles. The number of likely N-dealkylation sites (N-methyl/N-ethyl adjacent to an activating group) is 1. The zero-order valence-electron chi connectivity index (χ0n) is 13.9. The van der Waals surface area contributed by atoms with Crippen LogP contribution in [0.15, 0.2) is 35.0 Å². The number of hydroxylamine groups is 2. The summed E-state index contributed by atoms with van der Waals surface area (Å²) < 4.78 is 7.31. The molecule has 0 radical (unpaired) electrons. The second kappa shape index (κ2) is 7.00. The SMILES string of the molecule is CON(C)CC(O)Cn1cc(Nc2nc3cc(C)ccc3o2)cn1. The highest BCUT2D eigenvalue weighted by Crippen LogP contribution is 2.22. The fraction of sp³-hybridized carbons (Fsp3) is 0.375. The van der Waals surface area contributed by atoms with Gasteiger partial charge in [-0.2, -0.15) is 15.1 Å². The molecule has 8 heteroatoms. The number of hydrogen-bond acceptors (Lipinski definition) is 7. The van der Waals surface area contributed by atoms with E-state index < -0.39 is 6.10 Å². The number of aryl methyl sites for hydroxylation is 1. The second-order valence-electron chi connectivity index (χ2n) is 5.71. The van der Waals surface area contributed by atoms with E-state index in [9.17, 15) is 5.11 Å². The molecule has 3 aromatic rings. The van der Waals surface area contributed by atoms with Gasteiger partial charge in [0.1, 0.15) is 5.52 Å². The first-order valence-electron chi connectivity index (χ1n) is 7.63. The molecule has 0 saturated carbocycles. The van der Waals surface area contributed by atoms with Crippen LogP contribution in [0.3, 0.4) is 0 Å². The number of aliphatic hydroxyl groups is 1. The number of aromatic nitrogens is 3. The van der Waals surface area contributed by atoms with Crippen molar-refractivity contribution in [1.29, 1.82) is 0 Å². The quantitative estimate of drug-likeness (QED) is 0.640. The van der Waals surface area contributed by atoms with E-state index in [4.69, 9.17) is 9.25 Å². The van der Waals surface area contributed by atoms with Crippen LogP contribution in [0.2, 0.25) is 0 Å². The smallest absolute Gasteiger partial charge is 0.300 e. The summed E-state index contributed by atoms with van der Waals surface area (Å²) in [7, 11) is 3.32. The molecule has 2 heterocycles. The number of rotatable bonds is 7. The topological polar surface area (TPSA) is 88.6 Å². The third kappa shape index (κ3) is 3.91. The third-order valence-corrected chi connectivity index (χ3v) is 3.60. The van der Waals surface area contributed by atoms with Gasteiger partial charge in [0.25, 0.3) is 6.01 Å². The Hall–Kier alpha value is -2.42. The van der Waals surface area contributed by atoms with Gasteiger partial charge in [0, 0.05) is 13.2 Å². The fourth-order valence-electron chi connectivity index (χ4n) is 2.39. The van der Waals surface area contributed by atoms with E-state index in [0.717, 1.165) is 22.4 Å². The molecule has 8 nitrogen and oxygen atoms in total. The highest BCUT2D eigenvalue weighted by molar-refractivity contribution is 5.75. The van der Waals surface area contributed by atoms with E-state index >= 15 is 0 Å². The van der Waals surface area contributed by atoms with Crippen LogP contribution in [0, 0.1) is 6.92 Å². The Labute approximate surface area is 139 Å². The molecule has 0 saturated heterocycles. The Balaban J connectivity index is 1.64. The van der Waals surface area contributed by atoms with Crippen LogP contribution >= 0.6 is 0 Å². The number of anilines is 2. The lowest BCUT2D eigenvalue weighted by Crippen LogP contribution is -2.31. The van der Waals surface area contributed by atoms with Crippen molar-refractivity contribution in [1.82, 2.24) is 19.8 Å². The minimum atomic E-state index is -0.588. The number of aliphatic hydroxyl groups excluding tert-OH is 1. The maximum atomic E-state index is 9.99. The van der Waals surface area contributed by atoms with Crippen molar-refractivity contribution in [3.05, 3.63) is 36.2 Å². The number of fused-ring (bicyclic) bond motifs is 1. The first-order chi connectivity index (χ1) is 11.5. The molecule has 0 aliphatic carbocycles. The van der Waals surface area contributed by atoms with E-state index in [0.29, 0.717) is 19.1 Å². The minimum Gasteiger partial charge on any atom is -0.423 e. The molecule has 0 bridgehead atoms. The van der Waals surface area contributed by atoms with Crippen LogP contribution in [0.4, 0.5) is 11.7 Å². The Kier molecular flexibility index (Phi) is 4.79. The highest BCUT2D eigenvalue weighted by atomic mass is 16.7. The molecular formula is C16H21N5O3. The molecule has 0 fully saturated rings. The molecule has 0 amide bonds. The van der Waals surface area contributed by atoms with Crippen molar-refractivity contribution in [3.63, 3.8) is 0 Å². The van der Waals surface area contributed by atoms with Gasteiger partial charge in [0.15, 0.2) is 5.58 Å². The first kappa shape index (κ1) is 16.4. The summed E-state index contributed by atoms with van der Waals surface area (Å²) in [4.78, 5) is 9.39. The zero-order chi connectivity index (χ0) is 17.1. The maximum Gasteiger partial charge on any atom is 0.300 e. The van der Waals surface area contributed by atoms with E-state index in [2.05, 4.69) is 15.4 Å². The van der Waals surface area contributed by atoms with Crippen LogP contribution in [-0.4, -0.2) is 51.7 Å². The number of nitrogens with zero attached hydrogens (tertiary/aromatic N) is 4. The second-order valence-corrected chi connectivity index (χ2v) is 5.71. The van der Waals surface area contributed by atoms with E-state index in [1.54, 1.807) is 36.3 Å². The van der Waals surface area contributed by atoms with Gasteiger partial charge < -0.3 is 19.7 Å². The summed E-state index contributed by atoms with van der Waals surface area (Å²) >= 11 is 0. The molecule has 1 aromatic carbocycles. The van der Waals surface area contributed by atoms with E-state index in [1.165, 1.54) is 0 Å². The Morgan fingerprint density at radius 1 is 1.46 bits per heavy atom. The van der Waals surface area contributed by atoms with Gasteiger partial charge >= 0.3 is 0 Å². The largest absolute Gasteiger partial charge is 0.423 e. The van der Waals surface area contributed by atoms with E-state index in [-0.39, 0.29) is 0 Å². The van der Waals surface area contributed by atoms with Crippen molar-refractivity contribution in [2.24, 2.45) is 0 Å². The molecule has 24 heavy (non-hydrogen) atoms. The molecule has 2 aromatic heterocycles. The Morgan fingerprint density at radius 2 is 2.29 bits per heavy atom. The molecular weight excluding hydrogens is 310 g/mol. The van der Waals surface area contributed by atoms with Crippen molar-refractivity contribution >= 4 is 22.8 Å². The fourth-order valence-corrected chi connectivity index (χ4v) is 2.39. The van der Waals surface area contributed by atoms with Crippen LogP contribution in [0.1, 0.15) is 5.56 Å². The highest BCUT2D eigenvalue weighted by Gasteiger charge is 2.11. The van der Waals surface area contributed by atoms with Crippen LogP contribution < -0.4 is 5.32 Å². The van der Waals surface area contributed by atoms with Crippen LogP contribution in [0.25, 0.3) is 11.1 Å². The maximum absolute atomic E-state index is 9.99. The number of oxazole rings is 1. The van der Waals surface area contributed by atoms with Gasteiger partial charge in [-0.25, -0.2) is 0 Å². The first-order valence-corrected chi connectivity index (χ1v) is 7.63. The molecule has 0 aliphatic rings. The van der Waals surface area contributed by atoms with Crippen molar-refractivity contribution in [3.8, 4) is 0 Å². The summed E-state index contributed by atoms with van der Waals surface area (Å²) in [6.07, 6.45) is 2.86. The van der Waals surface area contributed by atoms with Gasteiger partial charge in [-0.1, -0.05) is 6.07 Å². The molecule has 3 rings (SSSR count). The average molecular weight is 331 g/mol. The van der Waals surface area contributed by atoms with Gasteiger partial charge in [-0.3, -0.25) is 4.68 Å². The lowest BCUT2D eigenvalue weighted by molar-refractivity contribution is -0.129. The average Bonchev–Trinajstić information content (AvgIpc) is 3.13. The van der Waals surface area contributed by atoms with Gasteiger partial charge in [0.2, 0.25) is 0 Å². The Bertz CT molecular complexity index is 813. The number of hydrogen-bond donors (Lipinski definition) is 2. The minimum absolute atomic E-state index is 0.363. The molecule has 1 atom stereocenters. The van der Waals surface area contributed by atoms with Gasteiger partial charge in [-0.15, -0.1) is 0 Å². The van der Waals surface area contributed by atoms with Crippen molar-refractivity contribution in [2.45, 2.75) is 19.6 Å². The van der Waals surface area contributed by atoms with Crippen molar-refractivity contribution in [2.75, 3.05) is 26.0 Å². The summed E-state index contributed by atoms with van der Waals surface area (Å²) in [5.74, 6) is 0. The lowest BCUT2D eigenvalue weighted by Gasteiger charge is -2.17. The normalized spacial score (nSPS) is 12.9. The Morgan fingerprint density at radius 3 is 3.08 bits per heavy atom. The monoisotopic (exact) mass is 331 g/mol. The van der Waals surface area contributed by atoms with E-state index in [1.807, 2.05) is 25.1 Å². The lowest BCUT2D eigenvalue weighted by atomic mass is 10.2. The van der Waals surface area contributed by atoms with Gasteiger partial charge in [-0.05, 0) is 24.6 Å². The number of nitrogens with one attached hydrogen (secondary N) is 1. The van der Waals surface area contributed by atoms with Crippen LogP contribution in [0.5, 0.6) is 0 Å². The molecule has 128 valence electrons. The predicted molar refractivity (Wildman–Crippen MR) is 89.9 cm³/mol. The number of benzene rings is 1. The standard InChI is InChI=1S/C16H21N5O3/c1-11-4-5-15-14(6-11)19-16(24-15)18-12-7-17-21(8-12)10-13(22)9-20(2)23-3/h4-8,13,22H,9-10H2,1-3H3,(H,18,19). The summed E-state index contributed by atoms with van der Waals surface area (Å²) in [5, 5.41) is 18.9. The van der Waals surface area contributed by atoms with Gasteiger partial charge in [0.05, 0.1) is 38.2 Å². The summed E-state index contributed by atoms with van der Waals surface area (Å²) in [6.45, 7) is 2.77. The summed E-state index contributed by atoms with van der Waals surface area (Å²) in [6, 6.07) is 6.26. The molecule has 1 unspecified atom stereocenters. The summed E-state index contributed by atoms with van der Waals surface area (Å²) in [5.41, 5.74) is 3.41. The third-order valence-electron chi connectivity index (χ3n) is 3.60. The van der Waals surface area contributed by atoms with Crippen molar-refractivity contribution < 1.29 is 14.4 Å². The molecule has 2 N–H and O–H groups in total. The molecule has 0 spiro atoms.